The number of halogens is 1. The summed E-state index contributed by atoms with van der Waals surface area (Å²) in [5.41, 5.74) is 3.91. The van der Waals surface area contributed by atoms with E-state index in [1.54, 1.807) is 18.3 Å². The number of hydrogen-bond donors (Lipinski definition) is 0. The van der Waals surface area contributed by atoms with Crippen LogP contribution in [0.4, 0.5) is 4.39 Å². The van der Waals surface area contributed by atoms with Gasteiger partial charge in [-0.3, -0.25) is 4.98 Å². The molecular formula is C20H15FN2O2S. The van der Waals surface area contributed by atoms with E-state index in [1.165, 1.54) is 18.2 Å². The van der Waals surface area contributed by atoms with Gasteiger partial charge in [0.1, 0.15) is 10.7 Å². The third kappa shape index (κ3) is 3.35. The second kappa shape index (κ2) is 6.70. The van der Waals surface area contributed by atoms with E-state index in [0.29, 0.717) is 16.8 Å². The summed E-state index contributed by atoms with van der Waals surface area (Å²) in [7, 11) is -3.64. The Hall–Kier alpha value is -3.04. The van der Waals surface area contributed by atoms with Gasteiger partial charge in [-0.25, -0.2) is 12.8 Å². The first-order valence-corrected chi connectivity index (χ1v) is 9.66. The zero-order valence-electron chi connectivity index (χ0n) is 14.2. The van der Waals surface area contributed by atoms with Gasteiger partial charge in [-0.2, -0.15) is 5.26 Å². The van der Waals surface area contributed by atoms with Gasteiger partial charge in [0, 0.05) is 23.6 Å². The Bertz CT molecular complexity index is 1150. The first-order valence-electron chi connectivity index (χ1n) is 7.77. The Balaban J connectivity index is 2.18. The van der Waals surface area contributed by atoms with Crippen LogP contribution < -0.4 is 0 Å². The summed E-state index contributed by atoms with van der Waals surface area (Å²) in [6.07, 6.45) is 2.55. The maximum absolute atomic E-state index is 14.3. The Morgan fingerprint density at radius 3 is 2.46 bits per heavy atom. The van der Waals surface area contributed by atoms with Crippen LogP contribution in [0.2, 0.25) is 0 Å². The van der Waals surface area contributed by atoms with Crippen molar-refractivity contribution in [2.45, 2.75) is 11.8 Å². The summed E-state index contributed by atoms with van der Waals surface area (Å²) >= 11 is 0. The fourth-order valence-corrected chi connectivity index (χ4v) is 3.46. The molecule has 130 valence electrons. The predicted molar refractivity (Wildman–Crippen MR) is 97.6 cm³/mol. The summed E-state index contributed by atoms with van der Waals surface area (Å²) in [6.45, 7) is 1.85. The number of hydrogen-bond acceptors (Lipinski definition) is 4. The number of sulfone groups is 1. The van der Waals surface area contributed by atoms with E-state index in [4.69, 9.17) is 0 Å². The summed E-state index contributed by atoms with van der Waals surface area (Å²) in [4.78, 5) is 3.99. The van der Waals surface area contributed by atoms with Crippen LogP contribution in [0.5, 0.6) is 0 Å². The summed E-state index contributed by atoms with van der Waals surface area (Å²) in [6, 6.07) is 15.2. The van der Waals surface area contributed by atoms with E-state index in [0.717, 1.165) is 22.9 Å². The standard InChI is InChI=1S/C20H15FN2O2S/c1-13-5-6-14(10-16(13)12-22)17-4-3-9-23-20(17)15-7-8-19(18(21)11-15)26(2,24)25/h3-11H,1-2H3. The van der Waals surface area contributed by atoms with Crippen molar-refractivity contribution in [2.24, 2.45) is 0 Å². The third-order valence-electron chi connectivity index (χ3n) is 4.08. The van der Waals surface area contributed by atoms with Crippen molar-refractivity contribution in [1.29, 1.82) is 5.26 Å². The zero-order valence-corrected chi connectivity index (χ0v) is 15.0. The largest absolute Gasteiger partial charge is 0.256 e. The van der Waals surface area contributed by atoms with Crippen LogP contribution in [0.15, 0.2) is 59.6 Å². The molecule has 6 heteroatoms. The topological polar surface area (TPSA) is 70.8 Å². The molecule has 2 aromatic carbocycles. The van der Waals surface area contributed by atoms with E-state index in [1.807, 2.05) is 25.1 Å². The second-order valence-corrected chi connectivity index (χ2v) is 7.94. The minimum absolute atomic E-state index is 0.346. The average Bonchev–Trinajstić information content (AvgIpc) is 2.61. The molecule has 0 saturated heterocycles. The molecule has 0 fully saturated rings. The monoisotopic (exact) mass is 366 g/mol. The molecule has 3 aromatic rings. The molecule has 3 rings (SSSR count). The van der Waals surface area contributed by atoms with Gasteiger partial charge in [0.25, 0.3) is 0 Å². The molecule has 0 saturated carbocycles. The fraction of sp³-hybridized carbons (Fsp3) is 0.100. The van der Waals surface area contributed by atoms with Gasteiger partial charge in [0.15, 0.2) is 9.84 Å². The molecule has 26 heavy (non-hydrogen) atoms. The smallest absolute Gasteiger partial charge is 0.178 e. The molecule has 0 radical (unpaired) electrons. The van der Waals surface area contributed by atoms with Gasteiger partial charge in [-0.1, -0.05) is 24.3 Å². The van der Waals surface area contributed by atoms with Gasteiger partial charge < -0.3 is 0 Å². The van der Waals surface area contributed by atoms with Gasteiger partial charge in [-0.15, -0.1) is 0 Å². The molecule has 4 nitrogen and oxygen atoms in total. The van der Waals surface area contributed by atoms with Gasteiger partial charge >= 0.3 is 0 Å². The lowest BCUT2D eigenvalue weighted by molar-refractivity contribution is 0.571. The highest BCUT2D eigenvalue weighted by Crippen LogP contribution is 2.32. The summed E-state index contributed by atoms with van der Waals surface area (Å²) in [5.74, 6) is -0.816. The third-order valence-corrected chi connectivity index (χ3v) is 5.21. The molecule has 0 amide bonds. The lowest BCUT2D eigenvalue weighted by Gasteiger charge is -2.11. The molecular weight excluding hydrogens is 351 g/mol. The maximum atomic E-state index is 14.3. The van der Waals surface area contributed by atoms with Crippen molar-refractivity contribution in [1.82, 2.24) is 4.98 Å². The quantitative estimate of drug-likeness (QED) is 0.698. The highest BCUT2D eigenvalue weighted by molar-refractivity contribution is 7.90. The van der Waals surface area contributed by atoms with Crippen LogP contribution in [0.1, 0.15) is 11.1 Å². The molecule has 0 aliphatic carbocycles. The van der Waals surface area contributed by atoms with Crippen molar-refractivity contribution < 1.29 is 12.8 Å². The van der Waals surface area contributed by atoms with Crippen LogP contribution in [-0.2, 0) is 9.84 Å². The number of aryl methyl sites for hydroxylation is 1. The molecule has 0 bridgehead atoms. The lowest BCUT2D eigenvalue weighted by atomic mass is 9.96. The Kier molecular flexibility index (Phi) is 4.58. The molecule has 0 spiro atoms. The van der Waals surface area contributed by atoms with Crippen LogP contribution in [0, 0.1) is 24.1 Å². The number of nitriles is 1. The van der Waals surface area contributed by atoms with E-state index < -0.39 is 15.7 Å². The SMILES string of the molecule is Cc1ccc(-c2cccnc2-c2ccc(S(C)(=O)=O)c(F)c2)cc1C#N. The number of benzene rings is 2. The number of aromatic nitrogens is 1. The van der Waals surface area contributed by atoms with Crippen LogP contribution in [-0.4, -0.2) is 19.7 Å². The Morgan fingerprint density at radius 2 is 1.81 bits per heavy atom. The normalized spacial score (nSPS) is 11.2. The molecule has 0 atom stereocenters. The van der Waals surface area contributed by atoms with Crippen molar-refractivity contribution in [3.05, 3.63) is 71.7 Å². The van der Waals surface area contributed by atoms with E-state index in [9.17, 15) is 18.1 Å². The average molecular weight is 366 g/mol. The maximum Gasteiger partial charge on any atom is 0.178 e. The Morgan fingerprint density at radius 1 is 1.08 bits per heavy atom. The Labute approximate surface area is 151 Å². The predicted octanol–water partition coefficient (Wildman–Crippen LogP) is 4.14. The molecule has 0 unspecified atom stereocenters. The van der Waals surface area contributed by atoms with Crippen LogP contribution >= 0.6 is 0 Å². The van der Waals surface area contributed by atoms with Crippen molar-refractivity contribution >= 4 is 9.84 Å². The zero-order chi connectivity index (χ0) is 18.9. The van der Waals surface area contributed by atoms with Crippen molar-refractivity contribution in [3.63, 3.8) is 0 Å². The van der Waals surface area contributed by atoms with E-state index in [-0.39, 0.29) is 4.90 Å². The first kappa shape index (κ1) is 17.8. The van der Waals surface area contributed by atoms with E-state index in [2.05, 4.69) is 11.1 Å². The molecule has 0 aliphatic rings. The first-order chi connectivity index (χ1) is 12.3. The van der Waals surface area contributed by atoms with Crippen molar-refractivity contribution in [2.75, 3.05) is 6.26 Å². The molecule has 0 N–H and O–H groups in total. The van der Waals surface area contributed by atoms with Gasteiger partial charge in [0.05, 0.1) is 17.3 Å². The molecule has 0 aliphatic heterocycles. The van der Waals surface area contributed by atoms with Gasteiger partial charge in [0.2, 0.25) is 0 Å². The fourth-order valence-electron chi connectivity index (χ4n) is 2.73. The van der Waals surface area contributed by atoms with Crippen LogP contribution in [0.25, 0.3) is 22.4 Å². The van der Waals surface area contributed by atoms with E-state index >= 15 is 0 Å². The number of rotatable bonds is 3. The molecule has 1 heterocycles. The number of nitrogens with zero attached hydrogens (tertiary/aromatic N) is 2. The molecule has 1 aromatic heterocycles. The minimum atomic E-state index is -3.64. The number of pyridine rings is 1. The minimum Gasteiger partial charge on any atom is -0.256 e. The van der Waals surface area contributed by atoms with Gasteiger partial charge in [-0.05, 0) is 42.3 Å². The van der Waals surface area contributed by atoms with Crippen LogP contribution in [0.3, 0.4) is 0 Å². The highest BCUT2D eigenvalue weighted by atomic mass is 32.2. The van der Waals surface area contributed by atoms with Crippen molar-refractivity contribution in [3.8, 4) is 28.5 Å². The lowest BCUT2D eigenvalue weighted by Crippen LogP contribution is -2.01. The summed E-state index contributed by atoms with van der Waals surface area (Å²) in [5, 5.41) is 9.25. The summed E-state index contributed by atoms with van der Waals surface area (Å²) < 4.78 is 37.5. The highest BCUT2D eigenvalue weighted by Gasteiger charge is 2.16. The second-order valence-electron chi connectivity index (χ2n) is 5.96.